The van der Waals surface area contributed by atoms with Gasteiger partial charge in [0.15, 0.2) is 11.0 Å². The molecule has 0 radical (unpaired) electrons. The number of amidine groups is 1. The average Bonchev–Trinajstić information content (AvgIpc) is 3.58. The van der Waals surface area contributed by atoms with Gasteiger partial charge in [0, 0.05) is 5.69 Å². The van der Waals surface area contributed by atoms with Gasteiger partial charge in [0.05, 0.1) is 17.1 Å². The van der Waals surface area contributed by atoms with Crippen LogP contribution in [-0.4, -0.2) is 44.0 Å². The van der Waals surface area contributed by atoms with Gasteiger partial charge in [0.25, 0.3) is 0 Å². The van der Waals surface area contributed by atoms with Crippen molar-refractivity contribution in [2.45, 2.75) is 40.0 Å². The van der Waals surface area contributed by atoms with Crippen LogP contribution in [0, 0.1) is 13.8 Å². The molecule has 1 aromatic heterocycles. The lowest BCUT2D eigenvalue weighted by molar-refractivity contribution is -0.274. The third kappa shape index (κ3) is 7.79. The molecule has 0 aliphatic carbocycles. The smallest absolute Gasteiger partial charge is 0.406 e. The molecule has 0 spiro atoms. The zero-order valence-corrected chi connectivity index (χ0v) is 25.6. The molecule has 0 unspecified atom stereocenters. The Balaban J connectivity index is 1.25. The fourth-order valence-corrected chi connectivity index (χ4v) is 5.50. The number of nitrogens with zero attached hydrogens (tertiary/aromatic N) is 5. The minimum Gasteiger partial charge on any atom is -0.406 e. The Morgan fingerprint density at radius 3 is 2.51 bits per heavy atom. The molecule has 3 amide bonds. The van der Waals surface area contributed by atoms with E-state index >= 15 is 0 Å². The lowest BCUT2D eigenvalue weighted by Gasteiger charge is -2.22. The van der Waals surface area contributed by atoms with Crippen LogP contribution in [0.2, 0.25) is 0 Å². The Hall–Kier alpha value is -4.91. The van der Waals surface area contributed by atoms with Crippen molar-refractivity contribution in [1.29, 1.82) is 0 Å². The fourth-order valence-electron chi connectivity index (χ4n) is 4.64. The van der Waals surface area contributed by atoms with Crippen molar-refractivity contribution in [3.63, 3.8) is 0 Å². The molecule has 1 fully saturated rings. The second kappa shape index (κ2) is 13.0. The van der Waals surface area contributed by atoms with Crippen molar-refractivity contribution >= 4 is 52.4 Å². The number of nitrogens with one attached hydrogen (secondary N) is 1. The average molecular weight is 635 g/mol. The van der Waals surface area contributed by atoms with Crippen LogP contribution in [0.5, 0.6) is 5.75 Å². The Morgan fingerprint density at radius 1 is 1.07 bits per heavy atom. The lowest BCUT2D eigenvalue weighted by atomic mass is 9.99. The van der Waals surface area contributed by atoms with Crippen molar-refractivity contribution < 1.29 is 27.5 Å². The molecule has 0 saturated carbocycles. The highest BCUT2D eigenvalue weighted by atomic mass is 32.2. The predicted octanol–water partition coefficient (Wildman–Crippen LogP) is 7.74. The SMILES string of the molecule is Cc1ccc(C(C)C)c(N2C(=O)CSC2=NC(=O)Nc2ccc(C=Cc3ncn(-c4ccc(OC(F)(F)F)cc4)n3)c(C)c2)c1. The summed E-state index contributed by atoms with van der Waals surface area (Å²) in [6.45, 7) is 7.95. The number of carbonyl (C=O) groups excluding carboxylic acids is 2. The van der Waals surface area contributed by atoms with Crippen molar-refractivity contribution in [1.82, 2.24) is 14.8 Å². The number of aromatic nitrogens is 3. The second-order valence-electron chi connectivity index (χ2n) is 10.6. The largest absolute Gasteiger partial charge is 0.573 e. The molecule has 5 rings (SSSR count). The number of anilines is 2. The highest BCUT2D eigenvalue weighted by Crippen LogP contribution is 2.34. The molecule has 2 heterocycles. The van der Waals surface area contributed by atoms with Gasteiger partial charge >= 0.3 is 12.4 Å². The molecular weight excluding hydrogens is 605 g/mol. The molecule has 13 heteroatoms. The summed E-state index contributed by atoms with van der Waals surface area (Å²) in [5.74, 6) is 0.317. The minimum absolute atomic E-state index is 0.126. The van der Waals surface area contributed by atoms with Crippen LogP contribution in [0.4, 0.5) is 29.3 Å². The van der Waals surface area contributed by atoms with Crippen LogP contribution >= 0.6 is 11.8 Å². The number of rotatable bonds is 7. The number of ether oxygens (including phenoxy) is 1. The molecule has 1 aliphatic heterocycles. The minimum atomic E-state index is -4.76. The Labute approximate surface area is 261 Å². The first-order valence-corrected chi connectivity index (χ1v) is 14.9. The highest BCUT2D eigenvalue weighted by Gasteiger charge is 2.33. The van der Waals surface area contributed by atoms with Crippen LogP contribution in [0.3, 0.4) is 0 Å². The quantitative estimate of drug-likeness (QED) is 0.223. The summed E-state index contributed by atoms with van der Waals surface area (Å²) < 4.78 is 42.5. The van der Waals surface area contributed by atoms with E-state index in [4.69, 9.17) is 0 Å². The van der Waals surface area contributed by atoms with Gasteiger partial charge in [-0.25, -0.2) is 14.5 Å². The number of thioether (sulfide) groups is 1. The van der Waals surface area contributed by atoms with E-state index in [0.717, 1.165) is 27.9 Å². The Kier molecular flexibility index (Phi) is 9.09. The molecule has 1 N–H and O–H groups in total. The zero-order chi connectivity index (χ0) is 32.3. The summed E-state index contributed by atoms with van der Waals surface area (Å²) in [6, 6.07) is 16.0. The highest BCUT2D eigenvalue weighted by molar-refractivity contribution is 8.15. The van der Waals surface area contributed by atoms with Gasteiger partial charge in [-0.1, -0.05) is 49.9 Å². The molecule has 45 heavy (non-hydrogen) atoms. The Bertz CT molecular complexity index is 1800. The summed E-state index contributed by atoms with van der Waals surface area (Å²) in [5, 5.41) is 7.46. The standard InChI is InChI=1S/C32H29F3N6O3S/c1-19(2)26-13-5-20(3)15-27(26)41-29(42)17-45-31(41)38-30(43)37-23-8-6-22(21(4)16-23)7-14-28-36-18-40(39-28)24-9-11-25(12-10-24)44-32(33,34)35/h5-16,18-19H,17H2,1-4H3,(H,37,43). The summed E-state index contributed by atoms with van der Waals surface area (Å²) in [6.07, 6.45) is 0.199. The molecule has 3 aromatic carbocycles. The first-order chi connectivity index (χ1) is 21.4. The van der Waals surface area contributed by atoms with E-state index in [1.54, 1.807) is 18.2 Å². The van der Waals surface area contributed by atoms with Crippen LogP contribution in [0.25, 0.3) is 17.8 Å². The summed E-state index contributed by atoms with van der Waals surface area (Å²) in [7, 11) is 0. The number of hydrogen-bond donors (Lipinski definition) is 1. The van der Waals surface area contributed by atoms with E-state index in [-0.39, 0.29) is 23.3 Å². The van der Waals surface area contributed by atoms with Crippen LogP contribution < -0.4 is 15.0 Å². The Morgan fingerprint density at radius 2 is 1.82 bits per heavy atom. The predicted molar refractivity (Wildman–Crippen MR) is 170 cm³/mol. The molecule has 4 aromatic rings. The van der Waals surface area contributed by atoms with Gasteiger partial charge in [-0.15, -0.1) is 18.3 Å². The molecule has 9 nitrogen and oxygen atoms in total. The topological polar surface area (TPSA) is 102 Å². The number of aliphatic imine (C=N–C) groups is 1. The monoisotopic (exact) mass is 634 g/mol. The van der Waals surface area contributed by atoms with Gasteiger partial charge in [0.1, 0.15) is 12.1 Å². The van der Waals surface area contributed by atoms with Crippen molar-refractivity contribution in [2.24, 2.45) is 4.99 Å². The van der Waals surface area contributed by atoms with E-state index in [9.17, 15) is 22.8 Å². The molecule has 1 aliphatic rings. The maximum Gasteiger partial charge on any atom is 0.573 e. The van der Waals surface area contributed by atoms with Gasteiger partial charge in [0.2, 0.25) is 5.91 Å². The van der Waals surface area contributed by atoms with Gasteiger partial charge < -0.3 is 10.1 Å². The first-order valence-electron chi connectivity index (χ1n) is 13.9. The number of benzene rings is 3. The summed E-state index contributed by atoms with van der Waals surface area (Å²) in [4.78, 5) is 35.7. The number of carbonyl (C=O) groups is 2. The first kappa shape index (κ1) is 31.5. The normalized spacial score (nSPS) is 14.6. The van der Waals surface area contributed by atoms with Crippen molar-refractivity contribution in [3.05, 3.63) is 95.1 Å². The van der Waals surface area contributed by atoms with E-state index in [0.29, 0.717) is 22.4 Å². The third-order valence-corrected chi connectivity index (χ3v) is 7.71. The van der Waals surface area contributed by atoms with E-state index < -0.39 is 12.4 Å². The van der Waals surface area contributed by atoms with E-state index in [1.165, 1.54) is 51.9 Å². The summed E-state index contributed by atoms with van der Waals surface area (Å²) >= 11 is 1.23. The number of hydrogen-bond acceptors (Lipinski definition) is 6. The maximum absolute atomic E-state index is 12.9. The molecule has 0 bridgehead atoms. The van der Waals surface area contributed by atoms with Crippen LogP contribution in [0.1, 0.15) is 47.8 Å². The van der Waals surface area contributed by atoms with Crippen molar-refractivity contribution in [3.8, 4) is 11.4 Å². The van der Waals surface area contributed by atoms with Gasteiger partial charge in [-0.2, -0.15) is 4.99 Å². The van der Waals surface area contributed by atoms with E-state index in [2.05, 4.69) is 39.0 Å². The third-order valence-electron chi connectivity index (χ3n) is 6.79. The zero-order valence-electron chi connectivity index (χ0n) is 24.8. The fraction of sp³-hybridized carbons (Fsp3) is 0.219. The summed E-state index contributed by atoms with van der Waals surface area (Å²) in [5.41, 5.74) is 5.52. The maximum atomic E-state index is 12.9. The molecule has 1 saturated heterocycles. The van der Waals surface area contributed by atoms with Gasteiger partial charge in [-0.05, 0) is 90.6 Å². The number of amides is 3. The second-order valence-corrected chi connectivity index (χ2v) is 11.5. The van der Waals surface area contributed by atoms with Gasteiger partial charge in [-0.3, -0.25) is 9.69 Å². The number of alkyl halides is 3. The lowest BCUT2D eigenvalue weighted by Crippen LogP contribution is -2.31. The van der Waals surface area contributed by atoms with Crippen LogP contribution in [-0.2, 0) is 4.79 Å². The number of aryl methyl sites for hydroxylation is 2. The van der Waals surface area contributed by atoms with Crippen molar-refractivity contribution in [2.75, 3.05) is 16.0 Å². The number of urea groups is 1. The molecule has 232 valence electrons. The van der Waals surface area contributed by atoms with E-state index in [1.807, 2.05) is 44.2 Å². The molecule has 0 atom stereocenters. The number of halogens is 3. The molecular formula is C32H29F3N6O3S. The van der Waals surface area contributed by atoms with Crippen LogP contribution in [0.15, 0.2) is 72.0 Å².